The molecule has 0 unspecified atom stereocenters. The fourth-order valence-electron chi connectivity index (χ4n) is 7.37. The molecule has 0 rings (SSSR count). The predicted octanol–water partition coefficient (Wildman–Crippen LogP) is 16.9. The second kappa shape index (κ2) is 49.3. The third-order valence-electron chi connectivity index (χ3n) is 11.3. The van der Waals surface area contributed by atoms with Crippen LogP contribution in [0.3, 0.4) is 0 Å². The van der Waals surface area contributed by atoms with Gasteiger partial charge in [0.05, 0.1) is 0 Å². The molecule has 0 aromatic heterocycles. The lowest BCUT2D eigenvalue weighted by atomic mass is 10.1. The van der Waals surface area contributed by atoms with Gasteiger partial charge in [-0.1, -0.05) is 192 Å². The van der Waals surface area contributed by atoms with E-state index in [0.29, 0.717) is 19.3 Å². The van der Waals surface area contributed by atoms with E-state index >= 15 is 0 Å². The SMILES string of the molecule is CCCCCC/C=C\CCCCCCCCCC(=O)OC[C@H](COC(=O)CCCCC/C=C/CCCCCCCC)OC(=O)CCCCCCC/C=C\CCCCCCC. The number of hydrogen-bond acceptors (Lipinski definition) is 6. The Hall–Kier alpha value is -2.37. The van der Waals surface area contributed by atoms with Crippen LogP contribution in [0.15, 0.2) is 36.5 Å². The molecule has 0 heterocycles. The van der Waals surface area contributed by atoms with Crippen LogP contribution in [0, 0.1) is 0 Å². The Morgan fingerprint density at radius 2 is 0.550 bits per heavy atom. The van der Waals surface area contributed by atoms with Gasteiger partial charge in [0.2, 0.25) is 0 Å². The Bertz CT molecular complexity index is 1020. The van der Waals surface area contributed by atoms with E-state index in [9.17, 15) is 14.4 Å². The fourth-order valence-corrected chi connectivity index (χ4v) is 7.37. The summed E-state index contributed by atoms with van der Waals surface area (Å²) in [5.74, 6) is -0.902. The van der Waals surface area contributed by atoms with E-state index in [-0.39, 0.29) is 31.1 Å². The third kappa shape index (κ3) is 46.7. The van der Waals surface area contributed by atoms with Crippen LogP contribution in [-0.2, 0) is 28.6 Å². The highest BCUT2D eigenvalue weighted by Crippen LogP contribution is 2.14. The molecule has 0 radical (unpaired) electrons. The van der Waals surface area contributed by atoms with Crippen molar-refractivity contribution < 1.29 is 28.6 Å². The summed E-state index contributed by atoms with van der Waals surface area (Å²) in [4.78, 5) is 37.9. The van der Waals surface area contributed by atoms with E-state index in [1.165, 1.54) is 148 Å². The van der Waals surface area contributed by atoms with Gasteiger partial charge in [-0.3, -0.25) is 14.4 Å². The second-order valence-electron chi connectivity index (χ2n) is 17.4. The average Bonchev–Trinajstić information content (AvgIpc) is 3.24. The van der Waals surface area contributed by atoms with Gasteiger partial charge in [-0.2, -0.15) is 0 Å². The van der Waals surface area contributed by atoms with Crippen molar-refractivity contribution in [3.63, 3.8) is 0 Å². The molecule has 350 valence electrons. The molecule has 0 fully saturated rings. The van der Waals surface area contributed by atoms with Crippen LogP contribution in [0.2, 0.25) is 0 Å². The molecule has 0 spiro atoms. The van der Waals surface area contributed by atoms with E-state index in [1.54, 1.807) is 0 Å². The van der Waals surface area contributed by atoms with Crippen LogP contribution in [0.4, 0.5) is 0 Å². The number of carbonyl (C=O) groups excluding carboxylic acids is 3. The summed E-state index contributed by atoms with van der Waals surface area (Å²) >= 11 is 0. The van der Waals surface area contributed by atoms with Gasteiger partial charge in [0, 0.05) is 19.3 Å². The molecular formula is C54H98O6. The quantitative estimate of drug-likeness (QED) is 0.0263. The molecule has 0 aromatic rings. The van der Waals surface area contributed by atoms with Crippen molar-refractivity contribution >= 4 is 17.9 Å². The first-order valence-electron chi connectivity index (χ1n) is 26.0. The number of allylic oxidation sites excluding steroid dienone is 6. The second-order valence-corrected chi connectivity index (χ2v) is 17.4. The Morgan fingerprint density at radius 1 is 0.317 bits per heavy atom. The van der Waals surface area contributed by atoms with E-state index in [1.807, 2.05) is 0 Å². The average molecular weight is 843 g/mol. The summed E-state index contributed by atoms with van der Waals surface area (Å²) in [5.41, 5.74) is 0. The van der Waals surface area contributed by atoms with Gasteiger partial charge in [0.25, 0.3) is 0 Å². The summed E-state index contributed by atoms with van der Waals surface area (Å²) in [6.45, 7) is 6.60. The summed E-state index contributed by atoms with van der Waals surface area (Å²) in [6, 6.07) is 0. The molecule has 0 saturated carbocycles. The number of rotatable bonds is 47. The van der Waals surface area contributed by atoms with Gasteiger partial charge in [-0.25, -0.2) is 0 Å². The molecule has 0 bridgehead atoms. The molecule has 0 saturated heterocycles. The van der Waals surface area contributed by atoms with E-state index in [4.69, 9.17) is 14.2 Å². The zero-order valence-electron chi connectivity index (χ0n) is 40.0. The largest absolute Gasteiger partial charge is 0.462 e. The maximum atomic E-state index is 12.8. The number of ether oxygens (including phenoxy) is 3. The lowest BCUT2D eigenvalue weighted by molar-refractivity contribution is -0.167. The topological polar surface area (TPSA) is 78.9 Å². The minimum Gasteiger partial charge on any atom is -0.462 e. The summed E-state index contributed by atoms with van der Waals surface area (Å²) < 4.78 is 16.8. The highest BCUT2D eigenvalue weighted by molar-refractivity contribution is 5.71. The molecule has 0 N–H and O–H groups in total. The number of hydrogen-bond donors (Lipinski definition) is 0. The molecule has 1 atom stereocenters. The molecule has 0 aliphatic rings. The van der Waals surface area contributed by atoms with Gasteiger partial charge in [0.1, 0.15) is 13.2 Å². The third-order valence-corrected chi connectivity index (χ3v) is 11.3. The first-order valence-corrected chi connectivity index (χ1v) is 26.0. The molecule has 0 aromatic carbocycles. The Balaban J connectivity index is 4.39. The first kappa shape index (κ1) is 57.6. The Labute approximate surface area is 372 Å². The van der Waals surface area contributed by atoms with Crippen LogP contribution >= 0.6 is 0 Å². The van der Waals surface area contributed by atoms with Crippen LogP contribution in [0.5, 0.6) is 0 Å². The smallest absolute Gasteiger partial charge is 0.306 e. The molecule has 60 heavy (non-hydrogen) atoms. The monoisotopic (exact) mass is 843 g/mol. The van der Waals surface area contributed by atoms with Crippen molar-refractivity contribution in [1.82, 2.24) is 0 Å². The van der Waals surface area contributed by atoms with Gasteiger partial charge < -0.3 is 14.2 Å². The van der Waals surface area contributed by atoms with Gasteiger partial charge >= 0.3 is 17.9 Å². The van der Waals surface area contributed by atoms with Crippen LogP contribution in [0.1, 0.15) is 271 Å². The van der Waals surface area contributed by atoms with Crippen molar-refractivity contribution in [1.29, 1.82) is 0 Å². The normalized spacial score (nSPS) is 12.2. The summed E-state index contributed by atoms with van der Waals surface area (Å²) in [5, 5.41) is 0. The van der Waals surface area contributed by atoms with Crippen LogP contribution in [0.25, 0.3) is 0 Å². The van der Waals surface area contributed by atoms with Crippen molar-refractivity contribution in [3.8, 4) is 0 Å². The highest BCUT2D eigenvalue weighted by atomic mass is 16.6. The van der Waals surface area contributed by atoms with E-state index in [2.05, 4.69) is 57.2 Å². The predicted molar refractivity (Wildman–Crippen MR) is 256 cm³/mol. The minimum absolute atomic E-state index is 0.0810. The van der Waals surface area contributed by atoms with Crippen molar-refractivity contribution in [3.05, 3.63) is 36.5 Å². The highest BCUT2D eigenvalue weighted by Gasteiger charge is 2.19. The minimum atomic E-state index is -0.781. The lowest BCUT2D eigenvalue weighted by Gasteiger charge is -2.18. The first-order chi connectivity index (χ1) is 29.5. The number of esters is 3. The lowest BCUT2D eigenvalue weighted by Crippen LogP contribution is -2.30. The van der Waals surface area contributed by atoms with Crippen molar-refractivity contribution in [2.45, 2.75) is 277 Å². The van der Waals surface area contributed by atoms with Crippen molar-refractivity contribution in [2.24, 2.45) is 0 Å². The molecule has 6 nitrogen and oxygen atoms in total. The number of carbonyl (C=O) groups is 3. The molecular weight excluding hydrogens is 745 g/mol. The summed E-state index contributed by atoms with van der Waals surface area (Å²) in [6.07, 6.45) is 56.9. The maximum absolute atomic E-state index is 12.8. The molecule has 0 aliphatic carbocycles. The summed E-state index contributed by atoms with van der Waals surface area (Å²) in [7, 11) is 0. The van der Waals surface area contributed by atoms with Crippen LogP contribution < -0.4 is 0 Å². The Morgan fingerprint density at radius 3 is 0.867 bits per heavy atom. The van der Waals surface area contributed by atoms with E-state index in [0.717, 1.165) is 83.5 Å². The molecule has 0 aliphatic heterocycles. The fraction of sp³-hybridized carbons (Fsp3) is 0.833. The maximum Gasteiger partial charge on any atom is 0.306 e. The van der Waals surface area contributed by atoms with Crippen LogP contribution in [-0.4, -0.2) is 37.2 Å². The molecule has 6 heteroatoms. The number of unbranched alkanes of at least 4 members (excludes halogenated alkanes) is 30. The zero-order chi connectivity index (χ0) is 43.7. The standard InChI is InChI=1S/C54H98O6/c1-4-7-10-13-16-19-22-25-27-30-32-35-38-41-44-47-53(56)59-50-51(49-58-52(55)46-43-40-37-34-31-28-24-21-18-15-12-9-6-3)60-54(57)48-45-42-39-36-33-29-26-23-20-17-14-11-8-5-2/h19,22-23,26,28,31,51H,4-18,20-21,24-25,27,29-30,32-50H2,1-3H3/b22-19-,26-23-,31-28+/t51-/m0/s1. The van der Waals surface area contributed by atoms with Gasteiger partial charge in [-0.15, -0.1) is 0 Å². The van der Waals surface area contributed by atoms with Gasteiger partial charge in [0.15, 0.2) is 6.10 Å². The van der Waals surface area contributed by atoms with Gasteiger partial charge in [-0.05, 0) is 96.3 Å². The zero-order valence-corrected chi connectivity index (χ0v) is 40.0. The van der Waals surface area contributed by atoms with Crippen molar-refractivity contribution in [2.75, 3.05) is 13.2 Å². The van der Waals surface area contributed by atoms with E-state index < -0.39 is 6.10 Å². The molecule has 0 amide bonds. The Kier molecular flexibility index (Phi) is 47.3.